The zero-order valence-electron chi connectivity index (χ0n) is 12.8. The average Bonchev–Trinajstić information content (AvgIpc) is 2.46. The third-order valence-electron chi connectivity index (χ3n) is 4.57. The smallest absolute Gasteiger partial charge is 0.119 e. The molecule has 3 rings (SSSR count). The summed E-state index contributed by atoms with van der Waals surface area (Å²) in [7, 11) is 1.73. The molecule has 1 aliphatic heterocycles. The van der Waals surface area contributed by atoms with Gasteiger partial charge in [-0.15, -0.1) is 0 Å². The summed E-state index contributed by atoms with van der Waals surface area (Å²) < 4.78 is 11.7. The second-order valence-electron chi connectivity index (χ2n) is 6.03. The van der Waals surface area contributed by atoms with Gasteiger partial charge in [-0.25, -0.2) is 0 Å². The summed E-state index contributed by atoms with van der Waals surface area (Å²) in [6, 6.07) is 6.98. The first kappa shape index (κ1) is 13.9. The lowest BCUT2D eigenvalue weighted by Gasteiger charge is -2.47. The maximum absolute atomic E-state index is 6.30. The van der Waals surface area contributed by atoms with Crippen LogP contribution in [0.15, 0.2) is 18.2 Å². The van der Waals surface area contributed by atoms with Crippen LogP contribution in [0.2, 0.25) is 0 Å². The summed E-state index contributed by atoms with van der Waals surface area (Å²) in [5, 5.41) is 0. The number of rotatable bonds is 3. The third-order valence-corrected chi connectivity index (χ3v) is 4.57. The van der Waals surface area contributed by atoms with Crippen molar-refractivity contribution >= 4 is 0 Å². The molecular weight excluding hydrogens is 250 g/mol. The van der Waals surface area contributed by atoms with Crippen molar-refractivity contribution < 1.29 is 9.47 Å². The van der Waals surface area contributed by atoms with Crippen LogP contribution < -0.4 is 4.74 Å². The van der Waals surface area contributed by atoms with Crippen LogP contribution in [-0.4, -0.2) is 37.2 Å². The van der Waals surface area contributed by atoms with Crippen molar-refractivity contribution in [2.45, 2.75) is 51.4 Å². The number of nitrogens with zero attached hydrogens (tertiary/aromatic N) is 1. The number of hydrogen-bond acceptors (Lipinski definition) is 3. The highest BCUT2D eigenvalue weighted by atomic mass is 16.5. The quantitative estimate of drug-likeness (QED) is 0.845. The Morgan fingerprint density at radius 1 is 1.40 bits per heavy atom. The van der Waals surface area contributed by atoms with Crippen molar-refractivity contribution in [1.29, 1.82) is 0 Å². The Morgan fingerprint density at radius 2 is 2.25 bits per heavy atom. The second kappa shape index (κ2) is 5.74. The second-order valence-corrected chi connectivity index (χ2v) is 6.03. The maximum Gasteiger partial charge on any atom is 0.119 e. The Morgan fingerprint density at radius 3 is 3.00 bits per heavy atom. The highest BCUT2D eigenvalue weighted by Gasteiger charge is 2.39. The molecule has 110 valence electrons. The Hall–Kier alpha value is -1.06. The van der Waals surface area contributed by atoms with Crippen molar-refractivity contribution in [2.24, 2.45) is 0 Å². The summed E-state index contributed by atoms with van der Waals surface area (Å²) in [5.41, 5.74) is 2.77. The number of morpholine rings is 1. The van der Waals surface area contributed by atoms with Gasteiger partial charge in [-0.1, -0.05) is 13.0 Å². The molecule has 1 saturated heterocycles. The minimum absolute atomic E-state index is 0.212. The van der Waals surface area contributed by atoms with Gasteiger partial charge in [0.1, 0.15) is 5.75 Å². The van der Waals surface area contributed by atoms with Gasteiger partial charge in [0.15, 0.2) is 0 Å². The normalized spacial score (nSPS) is 29.6. The van der Waals surface area contributed by atoms with Crippen molar-refractivity contribution in [3.8, 4) is 5.75 Å². The minimum atomic E-state index is 0.212. The van der Waals surface area contributed by atoms with Crippen LogP contribution in [0.25, 0.3) is 0 Å². The summed E-state index contributed by atoms with van der Waals surface area (Å²) in [5.74, 6) is 0.938. The van der Waals surface area contributed by atoms with Crippen molar-refractivity contribution in [2.75, 3.05) is 20.2 Å². The molecule has 1 heterocycles. The molecule has 2 aliphatic rings. The monoisotopic (exact) mass is 275 g/mol. The van der Waals surface area contributed by atoms with Crippen molar-refractivity contribution in [3.63, 3.8) is 0 Å². The Bertz CT molecular complexity index is 474. The molecule has 1 aromatic rings. The van der Waals surface area contributed by atoms with E-state index >= 15 is 0 Å². The Labute approximate surface area is 121 Å². The number of benzene rings is 1. The van der Waals surface area contributed by atoms with Gasteiger partial charge in [-0.2, -0.15) is 0 Å². The van der Waals surface area contributed by atoms with Crippen LogP contribution in [-0.2, 0) is 11.2 Å². The van der Waals surface area contributed by atoms with E-state index in [0.29, 0.717) is 12.1 Å². The molecule has 1 fully saturated rings. The molecular formula is C17H25NO2. The number of methoxy groups -OCH3 is 1. The van der Waals surface area contributed by atoms with E-state index in [2.05, 4.69) is 36.9 Å². The van der Waals surface area contributed by atoms with E-state index in [0.717, 1.165) is 18.7 Å². The summed E-state index contributed by atoms with van der Waals surface area (Å²) >= 11 is 0. The zero-order valence-corrected chi connectivity index (χ0v) is 12.8. The van der Waals surface area contributed by atoms with Crippen molar-refractivity contribution in [1.82, 2.24) is 4.90 Å². The molecule has 0 bridgehead atoms. The van der Waals surface area contributed by atoms with Gasteiger partial charge < -0.3 is 9.47 Å². The topological polar surface area (TPSA) is 21.7 Å². The van der Waals surface area contributed by atoms with Crippen molar-refractivity contribution in [3.05, 3.63) is 29.3 Å². The summed E-state index contributed by atoms with van der Waals surface area (Å²) in [6.45, 7) is 6.69. The van der Waals surface area contributed by atoms with Gasteiger partial charge >= 0.3 is 0 Å². The molecule has 0 saturated carbocycles. The van der Waals surface area contributed by atoms with Crippen LogP contribution in [0.3, 0.4) is 0 Å². The van der Waals surface area contributed by atoms with E-state index in [1.807, 2.05) is 0 Å². The van der Waals surface area contributed by atoms with Gasteiger partial charge in [0.25, 0.3) is 0 Å². The van der Waals surface area contributed by atoms with Crippen LogP contribution in [0.5, 0.6) is 5.75 Å². The molecule has 0 aromatic heterocycles. The first-order valence-corrected chi connectivity index (χ1v) is 7.79. The van der Waals surface area contributed by atoms with E-state index in [-0.39, 0.29) is 6.10 Å². The highest BCUT2D eigenvalue weighted by Crippen LogP contribution is 2.40. The lowest BCUT2D eigenvalue weighted by Crippen LogP contribution is -2.52. The van der Waals surface area contributed by atoms with Gasteiger partial charge in [0, 0.05) is 12.6 Å². The predicted octanol–water partition coefficient (Wildman–Crippen LogP) is 3.18. The van der Waals surface area contributed by atoms with E-state index < -0.39 is 0 Å². The fourth-order valence-electron chi connectivity index (χ4n) is 3.70. The summed E-state index contributed by atoms with van der Waals surface area (Å²) in [4.78, 5) is 2.63. The minimum Gasteiger partial charge on any atom is -0.497 e. The number of hydrogen-bond donors (Lipinski definition) is 0. The first-order valence-electron chi connectivity index (χ1n) is 7.79. The molecule has 0 radical (unpaired) electrons. The van der Waals surface area contributed by atoms with E-state index in [9.17, 15) is 0 Å². The molecule has 0 spiro atoms. The van der Waals surface area contributed by atoms with Gasteiger partial charge in [0.2, 0.25) is 0 Å². The average molecular weight is 275 g/mol. The highest BCUT2D eigenvalue weighted by molar-refractivity contribution is 5.40. The van der Waals surface area contributed by atoms with Gasteiger partial charge in [0.05, 0.1) is 19.3 Å². The van der Waals surface area contributed by atoms with Gasteiger partial charge in [-0.05, 0) is 56.0 Å². The predicted molar refractivity (Wildman–Crippen MR) is 80.3 cm³/mol. The molecule has 1 aromatic carbocycles. The molecule has 3 heteroatoms. The third kappa shape index (κ3) is 2.45. The van der Waals surface area contributed by atoms with Crippen LogP contribution in [0.4, 0.5) is 0 Å². The Kier molecular flexibility index (Phi) is 3.99. The van der Waals surface area contributed by atoms with Crippen LogP contribution in [0, 0.1) is 0 Å². The number of ether oxygens (including phenoxy) is 2. The van der Waals surface area contributed by atoms with Crippen LogP contribution >= 0.6 is 0 Å². The van der Waals surface area contributed by atoms with Gasteiger partial charge in [-0.3, -0.25) is 4.90 Å². The van der Waals surface area contributed by atoms with E-state index in [4.69, 9.17) is 9.47 Å². The molecule has 0 amide bonds. The zero-order chi connectivity index (χ0) is 14.1. The SMILES string of the molecule is CCCN1CC(C)OC2c3cc(OC)ccc3CCC21. The lowest BCUT2D eigenvalue weighted by molar-refractivity contribution is -0.121. The fraction of sp³-hybridized carbons (Fsp3) is 0.647. The van der Waals surface area contributed by atoms with E-state index in [1.165, 1.54) is 30.5 Å². The van der Waals surface area contributed by atoms with E-state index in [1.54, 1.807) is 7.11 Å². The largest absolute Gasteiger partial charge is 0.497 e. The maximum atomic E-state index is 6.30. The molecule has 3 atom stereocenters. The fourth-order valence-corrected chi connectivity index (χ4v) is 3.70. The Balaban J connectivity index is 1.93. The molecule has 20 heavy (non-hydrogen) atoms. The number of aryl methyl sites for hydroxylation is 1. The standard InChI is InChI=1S/C17H25NO2/c1-4-9-18-11-12(2)20-17-15-10-14(19-3)7-5-13(15)6-8-16(17)18/h5,7,10,12,16-17H,4,6,8-9,11H2,1-3H3. The lowest BCUT2D eigenvalue weighted by atomic mass is 9.83. The molecule has 3 nitrogen and oxygen atoms in total. The number of fused-ring (bicyclic) bond motifs is 3. The first-order chi connectivity index (χ1) is 9.72. The molecule has 3 unspecified atom stereocenters. The molecule has 1 aliphatic carbocycles. The molecule has 0 N–H and O–H groups in total. The summed E-state index contributed by atoms with van der Waals surface area (Å²) in [6.07, 6.45) is 4.08. The van der Waals surface area contributed by atoms with Crippen LogP contribution in [0.1, 0.15) is 43.9 Å².